The molecule has 0 unspecified atom stereocenters. The van der Waals surface area contributed by atoms with Crippen LogP contribution < -0.4 is 4.90 Å². The topological polar surface area (TPSA) is 36.4 Å². The van der Waals surface area contributed by atoms with Crippen LogP contribution in [0.3, 0.4) is 0 Å². The van der Waals surface area contributed by atoms with Gasteiger partial charge in [-0.05, 0) is 35.4 Å². The molecule has 3 heteroatoms. The third-order valence-electron chi connectivity index (χ3n) is 3.73. The largest absolute Gasteiger partial charge is 0.508 e. The van der Waals surface area contributed by atoms with Crippen molar-refractivity contribution in [3.05, 3.63) is 53.9 Å². The van der Waals surface area contributed by atoms with E-state index in [2.05, 4.69) is 29.8 Å². The molecule has 3 rings (SSSR count). The number of aromatic nitrogens is 1. The summed E-state index contributed by atoms with van der Waals surface area (Å²) < 4.78 is 0. The maximum atomic E-state index is 9.68. The number of benzene rings is 1. The van der Waals surface area contributed by atoms with E-state index in [1.807, 2.05) is 24.4 Å². The third kappa shape index (κ3) is 2.16. The Hall–Kier alpha value is -2.03. The molecule has 2 heterocycles. The molecule has 1 N–H and O–H groups in total. The summed E-state index contributed by atoms with van der Waals surface area (Å²) in [6.07, 6.45) is 3.70. The van der Waals surface area contributed by atoms with Gasteiger partial charge in [0.05, 0.1) is 0 Å². The molecule has 0 radical (unpaired) electrons. The lowest BCUT2D eigenvalue weighted by Crippen LogP contribution is -2.28. The summed E-state index contributed by atoms with van der Waals surface area (Å²) in [6.45, 7) is 6.25. The van der Waals surface area contributed by atoms with Gasteiger partial charge in [0.2, 0.25) is 0 Å². The van der Waals surface area contributed by atoms with Crippen LogP contribution >= 0.6 is 0 Å². The van der Waals surface area contributed by atoms with Crippen LogP contribution in [0.4, 0.5) is 5.69 Å². The van der Waals surface area contributed by atoms with E-state index >= 15 is 0 Å². The lowest BCUT2D eigenvalue weighted by Gasteiger charge is -2.22. The average molecular weight is 254 g/mol. The number of nitrogens with zero attached hydrogens (tertiary/aromatic N) is 2. The number of hydrogen-bond donors (Lipinski definition) is 1. The summed E-state index contributed by atoms with van der Waals surface area (Å²) in [5.41, 5.74) is 3.71. The number of pyridine rings is 1. The van der Waals surface area contributed by atoms with Crippen LogP contribution in [0, 0.1) is 0 Å². The number of aromatic hydroxyl groups is 1. The van der Waals surface area contributed by atoms with E-state index in [-0.39, 0.29) is 5.41 Å². The van der Waals surface area contributed by atoms with Gasteiger partial charge in [-0.15, -0.1) is 0 Å². The van der Waals surface area contributed by atoms with Gasteiger partial charge in [-0.1, -0.05) is 19.9 Å². The molecule has 0 spiro atoms. The minimum Gasteiger partial charge on any atom is -0.508 e. The molecule has 0 amide bonds. The molecule has 0 aliphatic carbocycles. The molecule has 1 aromatic carbocycles. The molecule has 1 aliphatic rings. The molecule has 1 aromatic heterocycles. The van der Waals surface area contributed by atoms with E-state index in [9.17, 15) is 5.11 Å². The molecule has 19 heavy (non-hydrogen) atoms. The SMILES string of the molecule is CC1(C)CN(Cc2cccnc2)c2ccc(O)cc21. The summed E-state index contributed by atoms with van der Waals surface area (Å²) in [7, 11) is 0. The summed E-state index contributed by atoms with van der Waals surface area (Å²) in [5, 5.41) is 9.68. The number of hydrogen-bond acceptors (Lipinski definition) is 3. The van der Waals surface area contributed by atoms with E-state index in [1.165, 1.54) is 16.8 Å². The van der Waals surface area contributed by atoms with E-state index < -0.39 is 0 Å². The first-order chi connectivity index (χ1) is 9.06. The Labute approximate surface area is 113 Å². The van der Waals surface area contributed by atoms with Crippen molar-refractivity contribution in [2.24, 2.45) is 0 Å². The van der Waals surface area contributed by atoms with Gasteiger partial charge >= 0.3 is 0 Å². The number of anilines is 1. The summed E-state index contributed by atoms with van der Waals surface area (Å²) in [4.78, 5) is 6.52. The molecular weight excluding hydrogens is 236 g/mol. The lowest BCUT2D eigenvalue weighted by molar-refractivity contribution is 0.471. The zero-order valence-electron chi connectivity index (χ0n) is 11.3. The Morgan fingerprint density at radius 1 is 1.32 bits per heavy atom. The van der Waals surface area contributed by atoms with Crippen LogP contribution in [-0.4, -0.2) is 16.6 Å². The fraction of sp³-hybridized carbons (Fsp3) is 0.312. The summed E-state index contributed by atoms with van der Waals surface area (Å²) >= 11 is 0. The van der Waals surface area contributed by atoms with Crippen molar-refractivity contribution >= 4 is 5.69 Å². The van der Waals surface area contributed by atoms with Gasteiger partial charge in [0.25, 0.3) is 0 Å². The summed E-state index contributed by atoms with van der Waals surface area (Å²) in [5.74, 6) is 0.343. The minimum atomic E-state index is 0.0658. The molecule has 0 atom stereocenters. The molecule has 3 nitrogen and oxygen atoms in total. The zero-order valence-corrected chi connectivity index (χ0v) is 11.3. The van der Waals surface area contributed by atoms with Crippen LogP contribution in [0.25, 0.3) is 0 Å². The second-order valence-corrected chi connectivity index (χ2v) is 5.80. The van der Waals surface area contributed by atoms with Crippen molar-refractivity contribution in [2.75, 3.05) is 11.4 Å². The minimum absolute atomic E-state index is 0.0658. The van der Waals surface area contributed by atoms with E-state index in [1.54, 1.807) is 12.3 Å². The summed E-state index contributed by atoms with van der Waals surface area (Å²) in [6, 6.07) is 9.72. The fourth-order valence-corrected chi connectivity index (χ4v) is 2.84. The third-order valence-corrected chi connectivity index (χ3v) is 3.73. The number of rotatable bonds is 2. The Balaban J connectivity index is 1.95. The first-order valence-electron chi connectivity index (χ1n) is 6.54. The van der Waals surface area contributed by atoms with Crippen molar-refractivity contribution in [1.29, 1.82) is 0 Å². The van der Waals surface area contributed by atoms with Crippen molar-refractivity contribution in [2.45, 2.75) is 25.8 Å². The number of fused-ring (bicyclic) bond motifs is 1. The highest BCUT2D eigenvalue weighted by atomic mass is 16.3. The Morgan fingerprint density at radius 2 is 2.16 bits per heavy atom. The standard InChI is InChI=1S/C16H18N2O/c1-16(2)11-18(10-12-4-3-7-17-9-12)15-6-5-13(19)8-14(15)16/h3-9,19H,10-11H2,1-2H3. The van der Waals surface area contributed by atoms with Gasteiger partial charge in [-0.3, -0.25) is 4.98 Å². The van der Waals surface area contributed by atoms with E-state index in [0.717, 1.165) is 13.1 Å². The van der Waals surface area contributed by atoms with E-state index in [0.29, 0.717) is 5.75 Å². The van der Waals surface area contributed by atoms with Gasteiger partial charge in [0.1, 0.15) is 5.75 Å². The van der Waals surface area contributed by atoms with Gasteiger partial charge in [0, 0.05) is 36.6 Å². The van der Waals surface area contributed by atoms with Crippen LogP contribution in [0.5, 0.6) is 5.75 Å². The molecule has 0 saturated carbocycles. The quantitative estimate of drug-likeness (QED) is 0.894. The van der Waals surface area contributed by atoms with Crippen molar-refractivity contribution in [3.8, 4) is 5.75 Å². The van der Waals surface area contributed by atoms with Crippen molar-refractivity contribution < 1.29 is 5.11 Å². The van der Waals surface area contributed by atoms with Crippen LogP contribution in [0.2, 0.25) is 0 Å². The average Bonchev–Trinajstić information content (AvgIpc) is 2.62. The van der Waals surface area contributed by atoms with Crippen molar-refractivity contribution in [3.63, 3.8) is 0 Å². The second-order valence-electron chi connectivity index (χ2n) is 5.80. The Kier molecular flexibility index (Phi) is 2.70. The molecule has 0 saturated heterocycles. The van der Waals surface area contributed by atoms with Crippen molar-refractivity contribution in [1.82, 2.24) is 4.98 Å². The molecule has 2 aromatic rings. The predicted octanol–water partition coefficient (Wildman–Crippen LogP) is 3.09. The predicted molar refractivity (Wildman–Crippen MR) is 76.4 cm³/mol. The highest BCUT2D eigenvalue weighted by Gasteiger charge is 2.35. The zero-order chi connectivity index (χ0) is 13.5. The van der Waals surface area contributed by atoms with Gasteiger partial charge in [0.15, 0.2) is 0 Å². The number of phenols is 1. The fourth-order valence-electron chi connectivity index (χ4n) is 2.84. The molecule has 98 valence electrons. The van der Waals surface area contributed by atoms with Gasteiger partial charge < -0.3 is 10.0 Å². The monoisotopic (exact) mass is 254 g/mol. The first-order valence-corrected chi connectivity index (χ1v) is 6.54. The van der Waals surface area contributed by atoms with Gasteiger partial charge in [-0.25, -0.2) is 0 Å². The highest BCUT2D eigenvalue weighted by Crippen LogP contribution is 2.42. The number of phenolic OH excluding ortho intramolecular Hbond substituents is 1. The highest BCUT2D eigenvalue weighted by molar-refractivity contribution is 5.64. The molecule has 0 fully saturated rings. The van der Waals surface area contributed by atoms with E-state index in [4.69, 9.17) is 0 Å². The van der Waals surface area contributed by atoms with Crippen LogP contribution in [0.1, 0.15) is 25.0 Å². The van der Waals surface area contributed by atoms with Crippen LogP contribution in [0.15, 0.2) is 42.7 Å². The maximum Gasteiger partial charge on any atom is 0.116 e. The smallest absolute Gasteiger partial charge is 0.116 e. The lowest BCUT2D eigenvalue weighted by atomic mass is 9.87. The normalized spacial score (nSPS) is 16.4. The molecule has 1 aliphatic heterocycles. The molecule has 0 bridgehead atoms. The first kappa shape index (κ1) is 12.0. The Morgan fingerprint density at radius 3 is 2.89 bits per heavy atom. The maximum absolute atomic E-state index is 9.68. The van der Waals surface area contributed by atoms with Gasteiger partial charge in [-0.2, -0.15) is 0 Å². The molecular formula is C16H18N2O. The second kappa shape index (κ2) is 4.26. The Bertz CT molecular complexity index is 593. The van der Waals surface area contributed by atoms with Crippen LogP contribution in [-0.2, 0) is 12.0 Å².